The van der Waals surface area contributed by atoms with Crippen molar-refractivity contribution in [3.05, 3.63) is 229 Å². The Kier molecular flexibility index (Phi) is 13.6. The zero-order valence-electron chi connectivity index (χ0n) is 38.2. The predicted molar refractivity (Wildman–Crippen MR) is 285 cm³/mol. The molecule has 0 aliphatic carbocycles. The number of anilines is 2. The average molecular weight is 875 g/mol. The molecule has 8 aromatic carbocycles. The van der Waals surface area contributed by atoms with E-state index in [1.165, 1.54) is 54.7 Å². The summed E-state index contributed by atoms with van der Waals surface area (Å²) in [4.78, 5) is 0. The molecule has 0 radical (unpaired) electrons. The van der Waals surface area contributed by atoms with Gasteiger partial charge < -0.3 is 9.13 Å². The molecule has 2 heterocycles. The highest BCUT2D eigenvalue weighted by Gasteiger charge is 2.14. The SMILES string of the molecule is C(=N\N(CCCCCN(/N=C/c1ccc2c(c1)c1ccccc1n2CCCc1ccccc1)c1ccccc1)c1ccccc1)/c1ccc2c(c1)c1ccccc1n2CCCc1ccccc1. The number of hydrogen-bond acceptors (Lipinski definition) is 4. The molecule has 6 nitrogen and oxygen atoms in total. The van der Waals surface area contributed by atoms with Gasteiger partial charge in [-0.05, 0) is 128 Å². The second-order valence-electron chi connectivity index (χ2n) is 17.5. The van der Waals surface area contributed by atoms with Crippen LogP contribution in [0.25, 0.3) is 43.6 Å². The summed E-state index contributed by atoms with van der Waals surface area (Å²) < 4.78 is 4.98. The Bertz CT molecular complexity index is 3010. The van der Waals surface area contributed by atoms with Crippen molar-refractivity contribution in [2.24, 2.45) is 10.2 Å². The predicted octanol–water partition coefficient (Wildman–Crippen LogP) is 14.7. The zero-order chi connectivity index (χ0) is 45.0. The van der Waals surface area contributed by atoms with Crippen LogP contribution in [0.2, 0.25) is 0 Å². The number of benzene rings is 8. The summed E-state index contributed by atoms with van der Waals surface area (Å²) in [6.07, 6.45) is 11.4. The summed E-state index contributed by atoms with van der Waals surface area (Å²) in [7, 11) is 0. The molecule has 0 unspecified atom stereocenters. The van der Waals surface area contributed by atoms with Crippen LogP contribution in [0.15, 0.2) is 216 Å². The zero-order valence-corrected chi connectivity index (χ0v) is 38.2. The molecule has 0 atom stereocenters. The minimum Gasteiger partial charge on any atom is -0.340 e. The second-order valence-corrected chi connectivity index (χ2v) is 17.5. The molecule has 10 aromatic rings. The lowest BCUT2D eigenvalue weighted by atomic mass is 10.1. The van der Waals surface area contributed by atoms with Crippen molar-refractivity contribution in [3.8, 4) is 0 Å². The highest BCUT2D eigenvalue weighted by molar-refractivity contribution is 6.10. The van der Waals surface area contributed by atoms with E-state index in [1.807, 2.05) is 12.4 Å². The monoisotopic (exact) mass is 874 g/mol. The number of para-hydroxylation sites is 4. The highest BCUT2D eigenvalue weighted by Crippen LogP contribution is 2.32. The van der Waals surface area contributed by atoms with E-state index in [9.17, 15) is 0 Å². The number of hydrazone groups is 2. The van der Waals surface area contributed by atoms with E-state index in [0.29, 0.717) is 0 Å². The van der Waals surface area contributed by atoms with E-state index in [4.69, 9.17) is 10.2 Å². The van der Waals surface area contributed by atoms with E-state index in [1.54, 1.807) is 0 Å². The normalized spacial score (nSPS) is 11.8. The first-order valence-corrected chi connectivity index (χ1v) is 24.1. The number of aryl methyl sites for hydroxylation is 4. The van der Waals surface area contributed by atoms with Gasteiger partial charge in [0.25, 0.3) is 0 Å². The van der Waals surface area contributed by atoms with Crippen molar-refractivity contribution in [1.82, 2.24) is 9.13 Å². The van der Waals surface area contributed by atoms with Crippen molar-refractivity contribution in [2.75, 3.05) is 23.1 Å². The van der Waals surface area contributed by atoms with Gasteiger partial charge in [0.2, 0.25) is 0 Å². The maximum absolute atomic E-state index is 5.12. The van der Waals surface area contributed by atoms with Gasteiger partial charge in [0.1, 0.15) is 0 Å². The standard InChI is InChI=1S/C61H58N6/c1-6-22-48(23-7-1)26-20-40-64-58-34-16-14-32-54(58)56-44-50(36-38-60(56)64)46-62-66(52-28-10-3-11-29-52)42-18-5-19-43-67(53-30-12-4-13-31-53)63-47-51-37-39-61-57(45-51)55-33-15-17-35-59(55)65(61)41-21-27-49-24-8-2-9-25-49/h1-4,6-17,22-25,28-39,44-47H,5,18-21,26-27,40-43H2/b62-46+,63-47+. The largest absolute Gasteiger partial charge is 0.340 e. The van der Waals surface area contributed by atoms with Crippen LogP contribution < -0.4 is 10.0 Å². The number of fused-ring (bicyclic) bond motifs is 6. The van der Waals surface area contributed by atoms with Gasteiger partial charge in [-0.15, -0.1) is 0 Å². The number of rotatable bonds is 20. The van der Waals surface area contributed by atoms with Crippen LogP contribution in [0.4, 0.5) is 11.4 Å². The molecular formula is C61H58N6. The van der Waals surface area contributed by atoms with Gasteiger partial charge in [-0.1, -0.05) is 146 Å². The minimum atomic E-state index is 0.817. The summed E-state index contributed by atoms with van der Waals surface area (Å²) >= 11 is 0. The van der Waals surface area contributed by atoms with Crippen molar-refractivity contribution < 1.29 is 0 Å². The number of aromatic nitrogens is 2. The quantitative estimate of drug-likeness (QED) is 0.0435. The first kappa shape index (κ1) is 43.2. The van der Waals surface area contributed by atoms with E-state index in [-0.39, 0.29) is 0 Å². The molecule has 0 saturated heterocycles. The summed E-state index contributed by atoms with van der Waals surface area (Å²) in [5.74, 6) is 0. The molecule has 0 N–H and O–H groups in total. The van der Waals surface area contributed by atoms with Gasteiger partial charge in [-0.3, -0.25) is 10.0 Å². The smallest absolute Gasteiger partial charge is 0.0593 e. The van der Waals surface area contributed by atoms with Crippen LogP contribution in [0.1, 0.15) is 54.4 Å². The summed E-state index contributed by atoms with van der Waals surface area (Å²) in [5, 5.41) is 19.7. The van der Waals surface area contributed by atoms with Crippen LogP contribution in [-0.2, 0) is 25.9 Å². The lowest BCUT2D eigenvalue weighted by molar-refractivity contribution is 0.648. The summed E-state index contributed by atoms with van der Waals surface area (Å²) in [5.41, 5.74) is 12.3. The van der Waals surface area contributed by atoms with Crippen LogP contribution >= 0.6 is 0 Å². The molecule has 0 saturated carbocycles. The van der Waals surface area contributed by atoms with Crippen molar-refractivity contribution >= 4 is 67.4 Å². The molecule has 0 aliphatic heterocycles. The highest BCUT2D eigenvalue weighted by atomic mass is 15.5. The molecule has 10 rings (SSSR count). The lowest BCUT2D eigenvalue weighted by Crippen LogP contribution is -2.20. The van der Waals surface area contributed by atoms with Gasteiger partial charge in [0, 0.05) is 69.8 Å². The Labute approximate surface area is 394 Å². The first-order chi connectivity index (χ1) is 33.2. The van der Waals surface area contributed by atoms with Gasteiger partial charge in [-0.2, -0.15) is 10.2 Å². The Morgan fingerprint density at radius 3 is 1.15 bits per heavy atom. The van der Waals surface area contributed by atoms with E-state index in [2.05, 4.69) is 225 Å². The molecule has 0 aliphatic rings. The minimum absolute atomic E-state index is 0.817. The molecular weight excluding hydrogens is 817 g/mol. The summed E-state index contributed by atoms with van der Waals surface area (Å²) in [6.45, 7) is 3.59. The van der Waals surface area contributed by atoms with Crippen LogP contribution in [0.3, 0.4) is 0 Å². The molecule has 0 fully saturated rings. The average Bonchev–Trinajstić information content (AvgIpc) is 3.88. The third kappa shape index (κ3) is 10.2. The van der Waals surface area contributed by atoms with Crippen molar-refractivity contribution in [3.63, 3.8) is 0 Å². The van der Waals surface area contributed by atoms with Gasteiger partial charge >= 0.3 is 0 Å². The van der Waals surface area contributed by atoms with Gasteiger partial charge in [0.15, 0.2) is 0 Å². The fourth-order valence-electron chi connectivity index (χ4n) is 9.64. The van der Waals surface area contributed by atoms with Gasteiger partial charge in [0.05, 0.1) is 23.8 Å². The lowest BCUT2D eigenvalue weighted by Gasteiger charge is -2.21. The third-order valence-electron chi connectivity index (χ3n) is 13.0. The van der Waals surface area contributed by atoms with E-state index >= 15 is 0 Å². The van der Waals surface area contributed by atoms with E-state index in [0.717, 1.165) is 93.6 Å². The Morgan fingerprint density at radius 2 is 0.716 bits per heavy atom. The fraction of sp³-hybridized carbons (Fsp3) is 0.180. The molecule has 67 heavy (non-hydrogen) atoms. The van der Waals surface area contributed by atoms with Gasteiger partial charge in [-0.25, -0.2) is 0 Å². The molecule has 0 bridgehead atoms. The number of nitrogens with zero attached hydrogens (tertiary/aromatic N) is 6. The van der Waals surface area contributed by atoms with Crippen LogP contribution in [0.5, 0.6) is 0 Å². The molecule has 2 aromatic heterocycles. The maximum Gasteiger partial charge on any atom is 0.0593 e. The number of hydrogen-bond donors (Lipinski definition) is 0. The molecule has 0 spiro atoms. The summed E-state index contributed by atoms with van der Waals surface area (Å²) in [6, 6.07) is 73.9. The number of unbranched alkanes of at least 4 members (excludes halogenated alkanes) is 2. The molecule has 6 heteroatoms. The fourth-order valence-corrected chi connectivity index (χ4v) is 9.64. The van der Waals surface area contributed by atoms with Crippen molar-refractivity contribution in [2.45, 2.75) is 58.0 Å². The Balaban J connectivity index is 0.804. The van der Waals surface area contributed by atoms with Crippen LogP contribution in [0, 0.1) is 0 Å². The van der Waals surface area contributed by atoms with Crippen LogP contribution in [-0.4, -0.2) is 34.7 Å². The van der Waals surface area contributed by atoms with Crippen molar-refractivity contribution in [1.29, 1.82) is 0 Å². The topological polar surface area (TPSA) is 41.1 Å². The third-order valence-corrected chi connectivity index (χ3v) is 13.0. The molecule has 0 amide bonds. The second kappa shape index (κ2) is 21.1. The Morgan fingerprint density at radius 1 is 0.343 bits per heavy atom. The first-order valence-electron chi connectivity index (χ1n) is 24.1. The molecule has 332 valence electrons. The maximum atomic E-state index is 5.12. The Hall–Kier alpha value is -7.70. The van der Waals surface area contributed by atoms with E-state index < -0.39 is 0 Å².